The standard InChI is InChI=1S/C13H12ClNO3/c14-10-3-1-2-8(6-10)12(16)15-11-5-4-9(7-11)13(17)18/h1-6,9,11H,7H2,(H,15,16)(H,17,18). The molecule has 1 aromatic carbocycles. The van der Waals surface area contributed by atoms with Gasteiger partial charge in [0.2, 0.25) is 0 Å². The van der Waals surface area contributed by atoms with E-state index in [-0.39, 0.29) is 11.9 Å². The minimum Gasteiger partial charge on any atom is -0.481 e. The summed E-state index contributed by atoms with van der Waals surface area (Å²) >= 11 is 5.80. The van der Waals surface area contributed by atoms with Crippen LogP contribution in [0.4, 0.5) is 0 Å². The number of carbonyl (C=O) groups is 2. The van der Waals surface area contributed by atoms with Gasteiger partial charge in [0.25, 0.3) is 5.91 Å². The SMILES string of the molecule is O=C(NC1C=CC(C(=O)O)C1)c1cccc(Cl)c1. The average molecular weight is 266 g/mol. The number of hydrogen-bond acceptors (Lipinski definition) is 2. The summed E-state index contributed by atoms with van der Waals surface area (Å²) in [5.41, 5.74) is 0.467. The van der Waals surface area contributed by atoms with Crippen molar-refractivity contribution in [2.45, 2.75) is 12.5 Å². The maximum atomic E-state index is 11.9. The molecule has 0 bridgehead atoms. The lowest BCUT2D eigenvalue weighted by atomic mass is 10.1. The third-order valence-corrected chi connectivity index (χ3v) is 3.04. The molecule has 5 heteroatoms. The summed E-state index contributed by atoms with van der Waals surface area (Å²) in [5, 5.41) is 12.1. The molecule has 2 atom stereocenters. The maximum Gasteiger partial charge on any atom is 0.310 e. The highest BCUT2D eigenvalue weighted by atomic mass is 35.5. The van der Waals surface area contributed by atoms with E-state index in [1.165, 1.54) is 0 Å². The van der Waals surface area contributed by atoms with Crippen LogP contribution in [0.1, 0.15) is 16.8 Å². The average Bonchev–Trinajstić information content (AvgIpc) is 2.77. The van der Waals surface area contributed by atoms with Crippen LogP contribution in [0.15, 0.2) is 36.4 Å². The number of benzene rings is 1. The Balaban J connectivity index is 1.97. The molecule has 0 aromatic heterocycles. The zero-order chi connectivity index (χ0) is 13.1. The minimum absolute atomic E-state index is 0.238. The van der Waals surface area contributed by atoms with Crippen molar-refractivity contribution in [3.05, 3.63) is 47.0 Å². The molecular formula is C13H12ClNO3. The Morgan fingerprint density at radius 3 is 2.72 bits per heavy atom. The fraction of sp³-hybridized carbons (Fsp3) is 0.231. The lowest BCUT2D eigenvalue weighted by Crippen LogP contribution is -2.33. The van der Waals surface area contributed by atoms with Crippen molar-refractivity contribution in [2.24, 2.45) is 5.92 Å². The van der Waals surface area contributed by atoms with E-state index < -0.39 is 11.9 Å². The van der Waals surface area contributed by atoms with Crippen LogP contribution < -0.4 is 5.32 Å². The third-order valence-electron chi connectivity index (χ3n) is 2.80. The van der Waals surface area contributed by atoms with E-state index in [0.29, 0.717) is 17.0 Å². The van der Waals surface area contributed by atoms with Crippen LogP contribution in [0.3, 0.4) is 0 Å². The van der Waals surface area contributed by atoms with Crippen molar-refractivity contribution >= 4 is 23.5 Å². The van der Waals surface area contributed by atoms with Crippen LogP contribution in [0.25, 0.3) is 0 Å². The lowest BCUT2D eigenvalue weighted by Gasteiger charge is -2.12. The molecule has 0 aliphatic heterocycles. The Bertz CT molecular complexity index is 513. The zero-order valence-corrected chi connectivity index (χ0v) is 10.2. The van der Waals surface area contributed by atoms with Gasteiger partial charge in [-0.25, -0.2) is 0 Å². The summed E-state index contributed by atoms with van der Waals surface area (Å²) < 4.78 is 0. The second-order valence-corrected chi connectivity index (χ2v) is 4.59. The molecule has 0 radical (unpaired) electrons. The quantitative estimate of drug-likeness (QED) is 0.823. The van der Waals surface area contributed by atoms with Gasteiger partial charge in [-0.3, -0.25) is 9.59 Å². The van der Waals surface area contributed by atoms with E-state index in [2.05, 4.69) is 5.32 Å². The number of rotatable bonds is 3. The van der Waals surface area contributed by atoms with Crippen molar-refractivity contribution in [3.63, 3.8) is 0 Å². The van der Waals surface area contributed by atoms with Gasteiger partial charge in [0.15, 0.2) is 0 Å². The van der Waals surface area contributed by atoms with Gasteiger partial charge < -0.3 is 10.4 Å². The van der Waals surface area contributed by atoms with Gasteiger partial charge in [-0.2, -0.15) is 0 Å². The number of carbonyl (C=O) groups excluding carboxylic acids is 1. The van der Waals surface area contributed by atoms with Gasteiger partial charge in [-0.05, 0) is 24.6 Å². The number of halogens is 1. The van der Waals surface area contributed by atoms with Gasteiger partial charge in [0.1, 0.15) is 0 Å². The van der Waals surface area contributed by atoms with Crippen LogP contribution in [-0.4, -0.2) is 23.0 Å². The molecule has 0 saturated carbocycles. The Morgan fingerprint density at radius 2 is 2.11 bits per heavy atom. The Labute approximate surface area is 109 Å². The molecule has 0 heterocycles. The Hall–Kier alpha value is -1.81. The summed E-state index contributed by atoms with van der Waals surface area (Å²) in [6.07, 6.45) is 3.70. The highest BCUT2D eigenvalue weighted by Gasteiger charge is 2.25. The molecular weight excluding hydrogens is 254 g/mol. The molecule has 0 saturated heterocycles. The number of aliphatic carboxylic acids is 1. The van der Waals surface area contributed by atoms with E-state index in [4.69, 9.17) is 16.7 Å². The second-order valence-electron chi connectivity index (χ2n) is 4.16. The molecule has 1 aromatic rings. The van der Waals surface area contributed by atoms with Gasteiger partial charge >= 0.3 is 5.97 Å². The number of amides is 1. The number of nitrogens with one attached hydrogen (secondary N) is 1. The van der Waals surface area contributed by atoms with Gasteiger partial charge in [0.05, 0.1) is 5.92 Å². The largest absolute Gasteiger partial charge is 0.481 e. The number of carboxylic acid groups (broad SMARTS) is 1. The topological polar surface area (TPSA) is 66.4 Å². The predicted molar refractivity (Wildman–Crippen MR) is 67.6 cm³/mol. The van der Waals surface area contributed by atoms with Crippen molar-refractivity contribution in [1.82, 2.24) is 5.32 Å². The smallest absolute Gasteiger partial charge is 0.310 e. The molecule has 2 N–H and O–H groups in total. The molecule has 0 fully saturated rings. The molecule has 4 nitrogen and oxygen atoms in total. The highest BCUT2D eigenvalue weighted by Crippen LogP contribution is 2.18. The number of carboxylic acids is 1. The molecule has 1 amide bonds. The van der Waals surface area contributed by atoms with Crippen LogP contribution in [0.5, 0.6) is 0 Å². The van der Waals surface area contributed by atoms with Gasteiger partial charge in [0, 0.05) is 16.6 Å². The van der Waals surface area contributed by atoms with E-state index in [1.807, 2.05) is 0 Å². The van der Waals surface area contributed by atoms with Crippen LogP contribution in [0, 0.1) is 5.92 Å². The van der Waals surface area contributed by atoms with E-state index in [0.717, 1.165) is 0 Å². The first-order chi connectivity index (χ1) is 8.56. The van der Waals surface area contributed by atoms with Crippen LogP contribution in [-0.2, 0) is 4.79 Å². The summed E-state index contributed by atoms with van der Waals surface area (Å²) in [7, 11) is 0. The van der Waals surface area contributed by atoms with E-state index >= 15 is 0 Å². The second kappa shape index (κ2) is 5.23. The monoisotopic (exact) mass is 265 g/mol. The molecule has 2 rings (SSSR count). The first-order valence-electron chi connectivity index (χ1n) is 5.54. The van der Waals surface area contributed by atoms with Crippen molar-refractivity contribution in [2.75, 3.05) is 0 Å². The predicted octanol–water partition coefficient (Wildman–Crippen LogP) is 2.10. The lowest BCUT2D eigenvalue weighted by molar-refractivity contribution is -0.140. The summed E-state index contributed by atoms with van der Waals surface area (Å²) in [4.78, 5) is 22.6. The molecule has 0 spiro atoms. The first kappa shape index (κ1) is 12.6. The summed E-state index contributed by atoms with van der Waals surface area (Å²) in [6.45, 7) is 0. The maximum absolute atomic E-state index is 11.9. The van der Waals surface area contributed by atoms with Crippen molar-refractivity contribution < 1.29 is 14.7 Å². The van der Waals surface area contributed by atoms with Crippen LogP contribution >= 0.6 is 11.6 Å². The van der Waals surface area contributed by atoms with E-state index in [9.17, 15) is 9.59 Å². The summed E-state index contributed by atoms with van der Waals surface area (Å²) in [5.74, 6) is -1.64. The minimum atomic E-state index is -0.870. The molecule has 1 aliphatic carbocycles. The highest BCUT2D eigenvalue weighted by molar-refractivity contribution is 6.30. The molecule has 18 heavy (non-hydrogen) atoms. The Kier molecular flexibility index (Phi) is 3.67. The van der Waals surface area contributed by atoms with Crippen LogP contribution in [0.2, 0.25) is 5.02 Å². The van der Waals surface area contributed by atoms with Crippen molar-refractivity contribution in [1.29, 1.82) is 0 Å². The number of hydrogen-bond donors (Lipinski definition) is 2. The zero-order valence-electron chi connectivity index (χ0n) is 9.47. The molecule has 94 valence electrons. The third kappa shape index (κ3) is 2.90. The van der Waals surface area contributed by atoms with Gasteiger partial charge in [-0.15, -0.1) is 0 Å². The fourth-order valence-corrected chi connectivity index (χ4v) is 2.06. The fourth-order valence-electron chi connectivity index (χ4n) is 1.87. The van der Waals surface area contributed by atoms with E-state index in [1.54, 1.807) is 36.4 Å². The first-order valence-corrected chi connectivity index (χ1v) is 5.91. The summed E-state index contributed by atoms with van der Waals surface area (Å²) in [6, 6.07) is 6.38. The molecule has 1 aliphatic rings. The Morgan fingerprint density at radius 1 is 1.33 bits per heavy atom. The van der Waals surface area contributed by atoms with Crippen molar-refractivity contribution in [3.8, 4) is 0 Å². The normalized spacial score (nSPS) is 21.8. The van der Waals surface area contributed by atoms with Gasteiger partial charge in [-0.1, -0.05) is 29.8 Å². The molecule has 2 unspecified atom stereocenters.